The number of hydrogen-bond donors (Lipinski definition) is 3. The van der Waals surface area contributed by atoms with E-state index in [9.17, 15) is 13.2 Å². The minimum absolute atomic E-state index is 0.145. The van der Waals surface area contributed by atoms with Crippen LogP contribution in [0.1, 0.15) is 28.6 Å². The van der Waals surface area contributed by atoms with Crippen LogP contribution in [0.3, 0.4) is 0 Å². The molecule has 0 aromatic carbocycles. The van der Waals surface area contributed by atoms with Crippen molar-refractivity contribution in [3.63, 3.8) is 0 Å². The van der Waals surface area contributed by atoms with Crippen LogP contribution in [0.4, 0.5) is 4.79 Å². The van der Waals surface area contributed by atoms with Crippen LogP contribution in [0.5, 0.6) is 0 Å². The number of nitrogens with two attached hydrogens (primary N) is 1. The molecule has 0 radical (unpaired) electrons. The first kappa shape index (κ1) is 20.3. The van der Waals surface area contributed by atoms with Crippen LogP contribution in [0, 0.1) is 0 Å². The highest BCUT2D eigenvalue weighted by atomic mass is 32.2. The van der Waals surface area contributed by atoms with E-state index in [1.54, 1.807) is 17.4 Å². The molecule has 2 aromatic rings. The third-order valence-corrected chi connectivity index (χ3v) is 8.04. The number of nitrogens with zero attached hydrogens (tertiary/aromatic N) is 1. The highest BCUT2D eigenvalue weighted by Crippen LogP contribution is 2.27. The van der Waals surface area contributed by atoms with Gasteiger partial charge in [-0.25, -0.2) is 18.4 Å². The van der Waals surface area contributed by atoms with Crippen molar-refractivity contribution in [3.05, 3.63) is 39.4 Å². The van der Waals surface area contributed by atoms with Crippen LogP contribution in [-0.4, -0.2) is 45.5 Å². The molecule has 148 valence electrons. The number of urea groups is 1. The average molecular weight is 429 g/mol. The molecule has 1 aliphatic rings. The number of thiophene rings is 2. The molecule has 3 heterocycles. The van der Waals surface area contributed by atoms with Gasteiger partial charge in [-0.05, 0) is 55.9 Å². The van der Waals surface area contributed by atoms with E-state index in [-0.39, 0.29) is 16.3 Å². The van der Waals surface area contributed by atoms with Gasteiger partial charge in [-0.15, -0.1) is 22.7 Å². The lowest BCUT2D eigenvalue weighted by Gasteiger charge is -2.26. The number of carbonyl (C=O) groups is 1. The first-order chi connectivity index (χ1) is 12.9. The summed E-state index contributed by atoms with van der Waals surface area (Å²) in [6, 6.07) is 7.39. The number of primary sulfonamides is 1. The predicted molar refractivity (Wildman–Crippen MR) is 109 cm³/mol. The molecule has 4 N–H and O–H groups in total. The summed E-state index contributed by atoms with van der Waals surface area (Å²) >= 11 is 2.85. The van der Waals surface area contributed by atoms with Crippen LogP contribution >= 0.6 is 22.7 Å². The van der Waals surface area contributed by atoms with Gasteiger partial charge >= 0.3 is 6.03 Å². The van der Waals surface area contributed by atoms with Crippen LogP contribution < -0.4 is 15.8 Å². The second kappa shape index (κ2) is 9.16. The molecule has 0 saturated carbocycles. The van der Waals surface area contributed by atoms with Crippen LogP contribution in [-0.2, 0) is 16.4 Å². The Morgan fingerprint density at radius 3 is 2.63 bits per heavy atom. The van der Waals surface area contributed by atoms with Crippen molar-refractivity contribution in [3.8, 4) is 0 Å². The second-order valence-corrected chi connectivity index (χ2v) is 10.4. The van der Waals surface area contributed by atoms with E-state index >= 15 is 0 Å². The molecule has 1 fully saturated rings. The van der Waals surface area contributed by atoms with Crippen molar-refractivity contribution < 1.29 is 13.2 Å². The monoisotopic (exact) mass is 428 g/mol. The smallest absolute Gasteiger partial charge is 0.314 e. The first-order valence-electron chi connectivity index (χ1n) is 8.84. The number of carbonyl (C=O) groups excluding carboxylic acids is 1. The molecular weight excluding hydrogens is 404 g/mol. The van der Waals surface area contributed by atoms with E-state index in [2.05, 4.69) is 27.0 Å². The minimum atomic E-state index is -3.66. The molecule has 0 unspecified atom stereocenters. The summed E-state index contributed by atoms with van der Waals surface area (Å²) in [5.41, 5.74) is 0. The highest BCUT2D eigenvalue weighted by Gasteiger charge is 2.24. The van der Waals surface area contributed by atoms with E-state index in [0.29, 0.717) is 19.5 Å². The van der Waals surface area contributed by atoms with Gasteiger partial charge in [0.15, 0.2) is 0 Å². The fraction of sp³-hybridized carbons (Fsp3) is 0.471. The largest absolute Gasteiger partial charge is 0.338 e. The lowest BCUT2D eigenvalue weighted by Crippen LogP contribution is -2.41. The Kier molecular flexibility index (Phi) is 6.88. The number of sulfonamides is 1. The second-order valence-electron chi connectivity index (χ2n) is 6.43. The minimum Gasteiger partial charge on any atom is -0.338 e. The molecular formula is C17H24N4O3S3. The standard InChI is InChI=1S/C17H24N4O3S3/c18-27(23,24)16-6-5-13(26-16)7-8-19-17(22)20-12-14(15-4-3-11-25-15)21-9-1-2-10-21/h3-6,11,14H,1-2,7-10,12H2,(H2,18,23,24)(H2,19,20,22)/t14-/m0/s1. The summed E-state index contributed by atoms with van der Waals surface area (Å²) < 4.78 is 22.7. The lowest BCUT2D eigenvalue weighted by molar-refractivity contribution is 0.222. The van der Waals surface area contributed by atoms with Crippen LogP contribution in [0.2, 0.25) is 0 Å². The summed E-state index contributed by atoms with van der Waals surface area (Å²) in [7, 11) is -3.66. The van der Waals surface area contributed by atoms with Gasteiger partial charge in [-0.2, -0.15) is 0 Å². The predicted octanol–water partition coefficient (Wildman–Crippen LogP) is 2.14. The molecule has 3 rings (SSSR count). The van der Waals surface area contributed by atoms with Crippen molar-refractivity contribution in [2.75, 3.05) is 26.2 Å². The summed E-state index contributed by atoms with van der Waals surface area (Å²) in [5, 5.41) is 13.0. The summed E-state index contributed by atoms with van der Waals surface area (Å²) in [6.07, 6.45) is 2.97. The molecule has 1 saturated heterocycles. The van der Waals surface area contributed by atoms with E-state index in [4.69, 9.17) is 5.14 Å². The van der Waals surface area contributed by atoms with E-state index in [1.165, 1.54) is 23.8 Å². The van der Waals surface area contributed by atoms with Gasteiger partial charge in [0, 0.05) is 22.8 Å². The van der Waals surface area contributed by atoms with Crippen molar-refractivity contribution in [2.45, 2.75) is 29.5 Å². The average Bonchev–Trinajstić information content (AvgIpc) is 3.37. The normalized spacial score (nSPS) is 16.3. The van der Waals surface area contributed by atoms with Crippen molar-refractivity contribution in [1.29, 1.82) is 0 Å². The van der Waals surface area contributed by atoms with Crippen LogP contribution in [0.15, 0.2) is 33.9 Å². The Morgan fingerprint density at radius 1 is 1.22 bits per heavy atom. The molecule has 10 heteroatoms. The van der Waals surface area contributed by atoms with Crippen molar-refractivity contribution in [2.24, 2.45) is 5.14 Å². The summed E-state index contributed by atoms with van der Waals surface area (Å²) in [4.78, 5) is 16.7. The molecule has 1 aliphatic heterocycles. The zero-order valence-electron chi connectivity index (χ0n) is 14.9. The first-order valence-corrected chi connectivity index (χ1v) is 12.1. The zero-order valence-corrected chi connectivity index (χ0v) is 17.3. The van der Waals surface area contributed by atoms with Gasteiger partial charge in [0.25, 0.3) is 0 Å². The van der Waals surface area contributed by atoms with Crippen molar-refractivity contribution in [1.82, 2.24) is 15.5 Å². The van der Waals surface area contributed by atoms with Gasteiger partial charge in [-0.1, -0.05) is 6.07 Å². The fourth-order valence-corrected chi connectivity index (χ4v) is 5.78. The van der Waals surface area contributed by atoms with Gasteiger partial charge in [-0.3, -0.25) is 4.90 Å². The molecule has 7 nitrogen and oxygen atoms in total. The van der Waals surface area contributed by atoms with Gasteiger partial charge < -0.3 is 10.6 Å². The number of rotatable bonds is 8. The van der Waals surface area contributed by atoms with E-state index in [1.807, 2.05) is 6.07 Å². The Balaban J connectivity index is 1.45. The quantitative estimate of drug-likeness (QED) is 0.599. The number of likely N-dealkylation sites (tertiary alicyclic amines) is 1. The number of hydrogen-bond acceptors (Lipinski definition) is 6. The summed E-state index contributed by atoms with van der Waals surface area (Å²) in [6.45, 7) is 3.14. The molecule has 27 heavy (non-hydrogen) atoms. The molecule has 1 atom stereocenters. The van der Waals surface area contributed by atoms with Gasteiger partial charge in [0.2, 0.25) is 10.0 Å². The number of nitrogens with one attached hydrogen (secondary N) is 2. The summed E-state index contributed by atoms with van der Waals surface area (Å²) in [5.74, 6) is 0. The Morgan fingerprint density at radius 2 is 2.00 bits per heavy atom. The molecule has 2 aromatic heterocycles. The maximum atomic E-state index is 12.1. The van der Waals surface area contributed by atoms with Crippen LogP contribution in [0.25, 0.3) is 0 Å². The zero-order chi connectivity index (χ0) is 19.3. The lowest BCUT2D eigenvalue weighted by atomic mass is 10.2. The third-order valence-electron chi connectivity index (χ3n) is 4.48. The van der Waals surface area contributed by atoms with Gasteiger partial charge in [0.1, 0.15) is 4.21 Å². The molecule has 2 amide bonds. The Bertz CT molecular complexity index is 843. The SMILES string of the molecule is NS(=O)(=O)c1ccc(CCNC(=O)NC[C@@H](c2cccs2)N2CCCC2)s1. The highest BCUT2D eigenvalue weighted by molar-refractivity contribution is 7.91. The Labute approximate surface area is 167 Å². The topological polar surface area (TPSA) is 105 Å². The van der Waals surface area contributed by atoms with E-state index < -0.39 is 10.0 Å². The van der Waals surface area contributed by atoms with Crippen molar-refractivity contribution >= 4 is 38.7 Å². The molecule has 0 aliphatic carbocycles. The molecule has 0 bridgehead atoms. The third kappa shape index (κ3) is 5.76. The number of amides is 2. The maximum Gasteiger partial charge on any atom is 0.314 e. The Hall–Kier alpha value is -1.46. The van der Waals surface area contributed by atoms with Gasteiger partial charge in [0.05, 0.1) is 6.04 Å². The maximum absolute atomic E-state index is 12.1. The molecule has 0 spiro atoms. The van der Waals surface area contributed by atoms with E-state index in [0.717, 1.165) is 29.3 Å². The fourth-order valence-electron chi connectivity index (χ4n) is 3.14.